The van der Waals surface area contributed by atoms with Crippen LogP contribution in [0.2, 0.25) is 5.02 Å². The van der Waals surface area contributed by atoms with E-state index in [0.29, 0.717) is 11.6 Å². The minimum Gasteiger partial charge on any atom is -0.465 e. The lowest BCUT2D eigenvalue weighted by Crippen LogP contribution is -2.47. The van der Waals surface area contributed by atoms with Gasteiger partial charge in [-0.25, -0.2) is 23.4 Å². The van der Waals surface area contributed by atoms with Gasteiger partial charge in [0.15, 0.2) is 0 Å². The molecule has 3 aromatic carbocycles. The summed E-state index contributed by atoms with van der Waals surface area (Å²) >= 11 is 6.36. The number of carbonyl (C=O) groups excluding carboxylic acids is 1. The molecule has 0 bridgehead atoms. The SMILES string of the molecule is CC(c1nc2cccc(Cl)c2c(=O)n1-c1cccc(NC(=O)Nc2ccc(F)cc2F)c1)N(C(=O)O)C(C)(C)C. The summed E-state index contributed by atoms with van der Waals surface area (Å²) in [5.74, 6) is -1.61. The van der Waals surface area contributed by atoms with Crippen molar-refractivity contribution in [3.63, 3.8) is 0 Å². The molecule has 0 spiro atoms. The summed E-state index contributed by atoms with van der Waals surface area (Å²) in [5, 5.41) is 15.2. The molecule has 1 atom stereocenters. The highest BCUT2D eigenvalue weighted by Crippen LogP contribution is 2.30. The summed E-state index contributed by atoms with van der Waals surface area (Å²) in [6.45, 7) is 6.81. The quantitative estimate of drug-likeness (QED) is 0.244. The van der Waals surface area contributed by atoms with E-state index in [0.717, 1.165) is 12.1 Å². The first-order chi connectivity index (χ1) is 18.8. The van der Waals surface area contributed by atoms with Gasteiger partial charge in [-0.05, 0) is 70.2 Å². The van der Waals surface area contributed by atoms with Gasteiger partial charge in [-0.3, -0.25) is 14.3 Å². The number of urea groups is 1. The fourth-order valence-corrected chi connectivity index (χ4v) is 4.73. The van der Waals surface area contributed by atoms with Gasteiger partial charge in [0.2, 0.25) is 0 Å². The number of hydrogen-bond acceptors (Lipinski definition) is 4. The minimum atomic E-state index is -1.20. The van der Waals surface area contributed by atoms with Crippen LogP contribution in [0.1, 0.15) is 39.6 Å². The van der Waals surface area contributed by atoms with Crippen LogP contribution in [0.3, 0.4) is 0 Å². The molecule has 1 aromatic heterocycles. The number of anilines is 2. The third kappa shape index (κ3) is 5.74. The van der Waals surface area contributed by atoms with E-state index < -0.39 is 40.9 Å². The Balaban J connectivity index is 1.81. The lowest BCUT2D eigenvalue weighted by Gasteiger charge is -2.38. The first-order valence-electron chi connectivity index (χ1n) is 12.1. The monoisotopic (exact) mass is 569 g/mol. The third-order valence-corrected chi connectivity index (χ3v) is 6.42. The van der Waals surface area contributed by atoms with Crippen LogP contribution in [-0.2, 0) is 0 Å². The van der Waals surface area contributed by atoms with Gasteiger partial charge < -0.3 is 15.7 Å². The van der Waals surface area contributed by atoms with E-state index in [-0.39, 0.29) is 33.3 Å². The Kier molecular flexibility index (Phi) is 7.79. The summed E-state index contributed by atoms with van der Waals surface area (Å²) in [5.41, 5.74) is -0.809. The summed E-state index contributed by atoms with van der Waals surface area (Å²) in [6.07, 6.45) is -1.20. The molecule has 0 radical (unpaired) electrons. The van der Waals surface area contributed by atoms with Gasteiger partial charge in [-0.2, -0.15) is 0 Å². The van der Waals surface area contributed by atoms with E-state index in [9.17, 15) is 28.3 Å². The van der Waals surface area contributed by atoms with Gasteiger partial charge in [-0.1, -0.05) is 23.7 Å². The van der Waals surface area contributed by atoms with E-state index in [2.05, 4.69) is 15.6 Å². The van der Waals surface area contributed by atoms with Crippen molar-refractivity contribution in [3.8, 4) is 5.69 Å². The number of rotatable bonds is 5. The molecule has 3 amide bonds. The average Bonchev–Trinajstić information content (AvgIpc) is 2.84. The number of carboxylic acid groups (broad SMARTS) is 1. The maximum atomic E-state index is 14.0. The van der Waals surface area contributed by atoms with E-state index in [1.807, 2.05) is 0 Å². The minimum absolute atomic E-state index is 0.132. The van der Waals surface area contributed by atoms with Crippen molar-refractivity contribution in [2.75, 3.05) is 10.6 Å². The second kappa shape index (κ2) is 10.9. The van der Waals surface area contributed by atoms with E-state index in [4.69, 9.17) is 11.6 Å². The number of halogens is 3. The number of carbonyl (C=O) groups is 2. The Bertz CT molecular complexity index is 1690. The van der Waals surface area contributed by atoms with E-state index in [1.165, 1.54) is 15.5 Å². The van der Waals surface area contributed by atoms with Crippen molar-refractivity contribution in [1.82, 2.24) is 14.5 Å². The Morgan fingerprint density at radius 2 is 1.75 bits per heavy atom. The Labute approximate surface area is 233 Å². The molecule has 1 unspecified atom stereocenters. The molecule has 0 aliphatic rings. The van der Waals surface area contributed by atoms with Gasteiger partial charge in [-0.15, -0.1) is 0 Å². The number of benzene rings is 3. The normalized spacial score (nSPS) is 12.2. The van der Waals surface area contributed by atoms with Crippen LogP contribution in [0.4, 0.5) is 29.7 Å². The van der Waals surface area contributed by atoms with Crippen LogP contribution < -0.4 is 16.2 Å². The summed E-state index contributed by atoms with van der Waals surface area (Å²) in [6, 6.07) is 12.0. The topological polar surface area (TPSA) is 117 Å². The highest BCUT2D eigenvalue weighted by Gasteiger charge is 2.34. The molecular weight excluding hydrogens is 544 g/mol. The van der Waals surface area contributed by atoms with Crippen LogP contribution in [0.15, 0.2) is 65.5 Å². The lowest BCUT2D eigenvalue weighted by molar-refractivity contribution is 0.0719. The smallest absolute Gasteiger partial charge is 0.408 e. The molecule has 1 heterocycles. The van der Waals surface area contributed by atoms with E-state index >= 15 is 0 Å². The third-order valence-electron chi connectivity index (χ3n) is 6.10. The van der Waals surface area contributed by atoms with E-state index in [1.54, 1.807) is 64.1 Å². The van der Waals surface area contributed by atoms with Crippen molar-refractivity contribution >= 4 is 46.0 Å². The van der Waals surface area contributed by atoms with Crippen molar-refractivity contribution < 1.29 is 23.5 Å². The largest absolute Gasteiger partial charge is 0.465 e. The fourth-order valence-electron chi connectivity index (χ4n) is 4.48. The number of hydrogen-bond donors (Lipinski definition) is 3. The maximum absolute atomic E-state index is 14.0. The number of nitrogens with one attached hydrogen (secondary N) is 2. The molecule has 0 saturated carbocycles. The number of nitrogens with zero attached hydrogens (tertiary/aromatic N) is 3. The molecule has 4 rings (SSSR count). The van der Waals surface area contributed by atoms with Crippen LogP contribution >= 0.6 is 11.6 Å². The van der Waals surface area contributed by atoms with Crippen LogP contribution in [0.25, 0.3) is 16.6 Å². The molecule has 0 aliphatic heterocycles. The highest BCUT2D eigenvalue weighted by atomic mass is 35.5. The van der Waals surface area contributed by atoms with Gasteiger partial charge in [0.1, 0.15) is 17.5 Å². The zero-order valence-corrected chi connectivity index (χ0v) is 22.8. The van der Waals surface area contributed by atoms with Crippen molar-refractivity contribution in [2.24, 2.45) is 0 Å². The molecule has 9 nitrogen and oxygen atoms in total. The summed E-state index contributed by atoms with van der Waals surface area (Å²) in [7, 11) is 0. The summed E-state index contributed by atoms with van der Waals surface area (Å²) < 4.78 is 28.4. The molecule has 0 aliphatic carbocycles. The first-order valence-corrected chi connectivity index (χ1v) is 12.5. The molecule has 208 valence electrons. The predicted octanol–water partition coefficient (Wildman–Crippen LogP) is 6.80. The van der Waals surface area contributed by atoms with Crippen molar-refractivity contribution in [1.29, 1.82) is 0 Å². The van der Waals surface area contributed by atoms with Crippen molar-refractivity contribution in [2.45, 2.75) is 39.3 Å². The molecular formula is C28H26ClF2N5O4. The number of aromatic nitrogens is 2. The highest BCUT2D eigenvalue weighted by molar-refractivity contribution is 6.35. The molecule has 3 N–H and O–H groups in total. The van der Waals surface area contributed by atoms with Crippen LogP contribution in [0, 0.1) is 11.6 Å². The maximum Gasteiger partial charge on any atom is 0.408 e. The molecule has 4 aromatic rings. The second-order valence-electron chi connectivity index (χ2n) is 10.00. The first kappa shape index (κ1) is 28.5. The zero-order chi connectivity index (χ0) is 29.4. The zero-order valence-electron chi connectivity index (χ0n) is 22.0. The van der Waals surface area contributed by atoms with Crippen LogP contribution in [-0.4, -0.2) is 37.2 Å². The number of fused-ring (bicyclic) bond motifs is 1. The number of amides is 3. The Hall–Kier alpha value is -4.51. The predicted molar refractivity (Wildman–Crippen MR) is 149 cm³/mol. The molecule has 0 fully saturated rings. The molecule has 0 saturated heterocycles. The standard InChI is InChI=1S/C28H26ClF2N5O4/c1-15(36(27(39)40)28(2,3)4)24-33-22-10-6-9-19(29)23(22)25(37)35(24)18-8-5-7-17(14-18)32-26(38)34-21-12-11-16(30)13-20(21)31/h5-15H,1-4H3,(H,39,40)(H2,32,34,38). The lowest BCUT2D eigenvalue weighted by atomic mass is 10.0. The Morgan fingerprint density at radius 3 is 2.40 bits per heavy atom. The Morgan fingerprint density at radius 1 is 1.05 bits per heavy atom. The fraction of sp³-hybridized carbons (Fsp3) is 0.214. The van der Waals surface area contributed by atoms with Gasteiger partial charge in [0.05, 0.1) is 33.3 Å². The molecule has 12 heteroatoms. The second-order valence-corrected chi connectivity index (χ2v) is 10.4. The summed E-state index contributed by atoms with van der Waals surface area (Å²) in [4.78, 5) is 44.5. The van der Waals surface area contributed by atoms with Gasteiger partial charge in [0.25, 0.3) is 5.56 Å². The van der Waals surface area contributed by atoms with Gasteiger partial charge >= 0.3 is 12.1 Å². The van der Waals surface area contributed by atoms with Crippen LogP contribution in [0.5, 0.6) is 0 Å². The van der Waals surface area contributed by atoms with Crippen molar-refractivity contribution in [3.05, 3.63) is 93.5 Å². The van der Waals surface area contributed by atoms with Gasteiger partial charge in [0, 0.05) is 17.3 Å². The average molecular weight is 570 g/mol. The molecule has 40 heavy (non-hydrogen) atoms.